The normalized spacial score (nSPS) is 10.2. The zero-order valence-electron chi connectivity index (χ0n) is 10.1. The minimum Gasteiger partial charge on any atom is -0.507 e. The number of hydrogen-bond donors (Lipinski definition) is 2. The van der Waals surface area contributed by atoms with Gasteiger partial charge in [-0.1, -0.05) is 6.07 Å². The first kappa shape index (κ1) is 13.0. The number of aromatic nitrogens is 1. The summed E-state index contributed by atoms with van der Waals surface area (Å²) in [5, 5.41) is 12.1. The van der Waals surface area contributed by atoms with Crippen molar-refractivity contribution in [1.82, 2.24) is 10.3 Å². The van der Waals surface area contributed by atoms with Gasteiger partial charge in [-0.25, -0.2) is 4.39 Å². The summed E-state index contributed by atoms with van der Waals surface area (Å²) < 4.78 is 12.8. The van der Waals surface area contributed by atoms with Gasteiger partial charge >= 0.3 is 0 Å². The van der Waals surface area contributed by atoms with E-state index in [1.165, 1.54) is 6.07 Å². The van der Waals surface area contributed by atoms with Crippen molar-refractivity contribution in [2.75, 3.05) is 6.54 Å². The van der Waals surface area contributed by atoms with Crippen molar-refractivity contribution in [3.8, 4) is 5.75 Å². The minimum atomic E-state index is -0.581. The second kappa shape index (κ2) is 5.95. The number of nitrogens with zero attached hydrogens (tertiary/aromatic N) is 1. The minimum absolute atomic E-state index is 0.0578. The zero-order valence-corrected chi connectivity index (χ0v) is 10.1. The van der Waals surface area contributed by atoms with Crippen LogP contribution in [-0.4, -0.2) is 22.5 Å². The van der Waals surface area contributed by atoms with Crippen molar-refractivity contribution >= 4 is 5.91 Å². The molecule has 0 aliphatic rings. The van der Waals surface area contributed by atoms with Gasteiger partial charge in [0.1, 0.15) is 11.6 Å². The largest absolute Gasteiger partial charge is 0.507 e. The third kappa shape index (κ3) is 3.51. The molecule has 1 amide bonds. The summed E-state index contributed by atoms with van der Waals surface area (Å²) >= 11 is 0. The molecule has 0 radical (unpaired) electrons. The monoisotopic (exact) mass is 260 g/mol. The number of hydrogen-bond acceptors (Lipinski definition) is 3. The lowest BCUT2D eigenvalue weighted by Gasteiger charge is -2.06. The molecular weight excluding hydrogens is 247 g/mol. The van der Waals surface area contributed by atoms with E-state index >= 15 is 0 Å². The number of aromatic hydroxyl groups is 1. The quantitative estimate of drug-likeness (QED) is 0.882. The summed E-state index contributed by atoms with van der Waals surface area (Å²) in [4.78, 5) is 15.9. The van der Waals surface area contributed by atoms with Crippen LogP contribution >= 0.6 is 0 Å². The van der Waals surface area contributed by atoms with Crippen LogP contribution in [0, 0.1) is 5.82 Å². The Morgan fingerprint density at radius 1 is 1.32 bits per heavy atom. The molecule has 0 spiro atoms. The maximum absolute atomic E-state index is 12.8. The fraction of sp³-hybridized carbons (Fsp3) is 0.143. The SMILES string of the molecule is O=C(NCCc1ccccn1)c1ccc(F)cc1O. The van der Waals surface area contributed by atoms with E-state index in [4.69, 9.17) is 0 Å². The summed E-state index contributed by atoms with van der Waals surface area (Å²) in [5.41, 5.74) is 0.925. The smallest absolute Gasteiger partial charge is 0.255 e. The van der Waals surface area contributed by atoms with Gasteiger partial charge in [-0.2, -0.15) is 0 Å². The Labute approximate surface area is 109 Å². The lowest BCUT2D eigenvalue weighted by molar-refractivity contribution is 0.0951. The van der Waals surface area contributed by atoms with E-state index in [-0.39, 0.29) is 11.3 Å². The Morgan fingerprint density at radius 2 is 2.16 bits per heavy atom. The predicted molar refractivity (Wildman–Crippen MR) is 68.3 cm³/mol. The number of carbonyl (C=O) groups excluding carboxylic acids is 1. The summed E-state index contributed by atoms with van der Waals surface area (Å²) in [5.74, 6) is -1.38. The zero-order chi connectivity index (χ0) is 13.7. The maximum Gasteiger partial charge on any atom is 0.255 e. The average molecular weight is 260 g/mol. The second-order valence-corrected chi connectivity index (χ2v) is 3.99. The van der Waals surface area contributed by atoms with Gasteiger partial charge in [0.15, 0.2) is 0 Å². The van der Waals surface area contributed by atoms with E-state index in [1.807, 2.05) is 18.2 Å². The third-order valence-electron chi connectivity index (χ3n) is 2.60. The first-order valence-electron chi connectivity index (χ1n) is 5.83. The molecule has 98 valence electrons. The van der Waals surface area contributed by atoms with Gasteiger partial charge in [-0.3, -0.25) is 9.78 Å². The van der Waals surface area contributed by atoms with Gasteiger partial charge in [0, 0.05) is 30.9 Å². The second-order valence-electron chi connectivity index (χ2n) is 3.99. The highest BCUT2D eigenvalue weighted by Crippen LogP contribution is 2.17. The van der Waals surface area contributed by atoms with Crippen molar-refractivity contribution in [3.63, 3.8) is 0 Å². The van der Waals surface area contributed by atoms with Crippen molar-refractivity contribution in [2.45, 2.75) is 6.42 Å². The van der Waals surface area contributed by atoms with Crippen molar-refractivity contribution < 1.29 is 14.3 Å². The molecule has 0 saturated heterocycles. The summed E-state index contributed by atoms with van der Waals surface area (Å²) in [6, 6.07) is 8.85. The van der Waals surface area contributed by atoms with E-state index in [1.54, 1.807) is 6.20 Å². The van der Waals surface area contributed by atoms with Crippen LogP contribution in [0.5, 0.6) is 5.75 Å². The lowest BCUT2D eigenvalue weighted by Crippen LogP contribution is -2.26. The molecule has 0 aliphatic carbocycles. The number of phenols is 1. The highest BCUT2D eigenvalue weighted by Gasteiger charge is 2.11. The van der Waals surface area contributed by atoms with Gasteiger partial charge in [-0.15, -0.1) is 0 Å². The molecule has 4 nitrogen and oxygen atoms in total. The van der Waals surface area contributed by atoms with E-state index in [2.05, 4.69) is 10.3 Å². The van der Waals surface area contributed by atoms with Crippen LogP contribution in [0.2, 0.25) is 0 Å². The molecule has 5 heteroatoms. The molecule has 0 atom stereocenters. The molecule has 1 aromatic heterocycles. The molecule has 0 fully saturated rings. The Balaban J connectivity index is 1.91. The predicted octanol–water partition coefficient (Wildman–Crippen LogP) is 1.90. The molecular formula is C14H13FN2O2. The third-order valence-corrected chi connectivity index (χ3v) is 2.60. The molecule has 2 N–H and O–H groups in total. The van der Waals surface area contributed by atoms with Crippen LogP contribution in [0.25, 0.3) is 0 Å². The van der Waals surface area contributed by atoms with Crippen molar-refractivity contribution in [3.05, 3.63) is 59.7 Å². The van der Waals surface area contributed by atoms with Gasteiger partial charge < -0.3 is 10.4 Å². The van der Waals surface area contributed by atoms with E-state index in [0.29, 0.717) is 13.0 Å². The van der Waals surface area contributed by atoms with Gasteiger partial charge in [-0.05, 0) is 24.3 Å². The van der Waals surface area contributed by atoms with E-state index in [0.717, 1.165) is 17.8 Å². The van der Waals surface area contributed by atoms with Crippen LogP contribution in [0.15, 0.2) is 42.6 Å². The van der Waals surface area contributed by atoms with Crippen LogP contribution in [0.4, 0.5) is 4.39 Å². The molecule has 2 aromatic rings. The molecule has 1 heterocycles. The molecule has 2 rings (SSSR count). The number of pyridine rings is 1. The van der Waals surface area contributed by atoms with Gasteiger partial charge in [0.2, 0.25) is 0 Å². The van der Waals surface area contributed by atoms with Crippen LogP contribution in [-0.2, 0) is 6.42 Å². The standard InChI is InChI=1S/C14H13FN2O2/c15-10-4-5-12(13(18)9-10)14(19)17-8-6-11-3-1-2-7-16-11/h1-5,7,9,18H,6,8H2,(H,17,19). The molecule has 19 heavy (non-hydrogen) atoms. The van der Waals surface area contributed by atoms with E-state index in [9.17, 15) is 14.3 Å². The highest BCUT2D eigenvalue weighted by atomic mass is 19.1. The van der Waals surface area contributed by atoms with Gasteiger partial charge in [0.05, 0.1) is 5.56 Å². The Morgan fingerprint density at radius 3 is 2.84 bits per heavy atom. The number of rotatable bonds is 4. The Bertz CT molecular complexity index is 573. The first-order chi connectivity index (χ1) is 9.16. The van der Waals surface area contributed by atoms with Crippen LogP contribution < -0.4 is 5.32 Å². The Hall–Kier alpha value is -2.43. The fourth-order valence-corrected chi connectivity index (χ4v) is 1.64. The van der Waals surface area contributed by atoms with Crippen LogP contribution in [0.3, 0.4) is 0 Å². The molecule has 0 bridgehead atoms. The number of halogens is 1. The Kier molecular flexibility index (Phi) is 4.07. The number of carbonyl (C=O) groups is 1. The lowest BCUT2D eigenvalue weighted by atomic mass is 10.2. The van der Waals surface area contributed by atoms with Crippen LogP contribution in [0.1, 0.15) is 16.1 Å². The number of phenolic OH excluding ortho intramolecular Hbond substituents is 1. The summed E-state index contributed by atoms with van der Waals surface area (Å²) in [6.07, 6.45) is 2.28. The van der Waals surface area contributed by atoms with Crippen molar-refractivity contribution in [2.24, 2.45) is 0 Å². The highest BCUT2D eigenvalue weighted by molar-refractivity contribution is 5.96. The topological polar surface area (TPSA) is 62.2 Å². The van der Waals surface area contributed by atoms with Crippen molar-refractivity contribution in [1.29, 1.82) is 0 Å². The average Bonchev–Trinajstić information content (AvgIpc) is 2.39. The maximum atomic E-state index is 12.8. The van der Waals surface area contributed by atoms with Gasteiger partial charge in [0.25, 0.3) is 5.91 Å². The summed E-state index contributed by atoms with van der Waals surface area (Å²) in [7, 11) is 0. The number of nitrogens with one attached hydrogen (secondary N) is 1. The molecule has 0 saturated carbocycles. The number of benzene rings is 1. The molecule has 1 aromatic carbocycles. The van der Waals surface area contributed by atoms with E-state index < -0.39 is 11.7 Å². The molecule has 0 unspecified atom stereocenters. The number of amides is 1. The first-order valence-corrected chi connectivity index (χ1v) is 5.83. The summed E-state index contributed by atoms with van der Waals surface area (Å²) in [6.45, 7) is 0.395. The molecule has 0 aliphatic heterocycles. The fourth-order valence-electron chi connectivity index (χ4n) is 1.64.